The fraction of sp³-hybridized carbons (Fsp3) is 0.462. The number of alkyl halides is 1. The second-order valence-corrected chi connectivity index (χ2v) is 5.13. The van der Waals surface area contributed by atoms with Crippen LogP contribution in [0.25, 0.3) is 0 Å². The molecule has 0 aliphatic rings. The predicted molar refractivity (Wildman–Crippen MR) is 74.4 cm³/mol. The van der Waals surface area contributed by atoms with E-state index in [1.165, 1.54) is 0 Å². The Labute approximate surface area is 116 Å². The Morgan fingerprint density at radius 2 is 2.17 bits per heavy atom. The highest BCUT2D eigenvalue weighted by Gasteiger charge is 2.09. The van der Waals surface area contributed by atoms with Crippen LogP contribution in [0.4, 0.5) is 0 Å². The Balaban J connectivity index is 2.70. The molecule has 100 valence electrons. The maximum atomic E-state index is 11.4. The lowest BCUT2D eigenvalue weighted by Crippen LogP contribution is -2.28. The monoisotopic (exact) mass is 315 g/mol. The first-order valence-corrected chi connectivity index (χ1v) is 6.71. The molecule has 1 amide bonds. The summed E-state index contributed by atoms with van der Waals surface area (Å²) in [4.78, 5) is 11.2. The van der Waals surface area contributed by atoms with Crippen molar-refractivity contribution in [1.29, 1.82) is 0 Å². The third kappa shape index (κ3) is 4.22. The molecule has 0 radical (unpaired) electrons. The number of carbonyl (C=O) groups excluding carboxylic acids is 1. The fourth-order valence-corrected chi connectivity index (χ4v) is 1.59. The Kier molecular flexibility index (Phi) is 5.98. The number of benzene rings is 1. The van der Waals surface area contributed by atoms with Gasteiger partial charge in [0, 0.05) is 6.54 Å². The average molecular weight is 316 g/mol. The number of rotatable bonds is 6. The molecule has 0 fully saturated rings. The van der Waals surface area contributed by atoms with Crippen LogP contribution >= 0.6 is 15.9 Å². The third-order valence-electron chi connectivity index (χ3n) is 2.36. The topological polar surface area (TPSA) is 47.6 Å². The molecule has 18 heavy (non-hydrogen) atoms. The molecule has 0 spiro atoms. The van der Waals surface area contributed by atoms with Crippen molar-refractivity contribution in [2.45, 2.75) is 25.2 Å². The van der Waals surface area contributed by atoms with Gasteiger partial charge in [0.25, 0.3) is 0 Å². The van der Waals surface area contributed by atoms with Gasteiger partial charge in [0.2, 0.25) is 5.91 Å². The highest BCUT2D eigenvalue weighted by atomic mass is 79.9. The minimum Gasteiger partial charge on any atom is -0.493 e. The van der Waals surface area contributed by atoms with Crippen molar-refractivity contribution in [1.82, 2.24) is 5.32 Å². The largest absolute Gasteiger partial charge is 0.493 e. The molecule has 0 saturated carbocycles. The van der Waals surface area contributed by atoms with E-state index in [0.29, 0.717) is 24.7 Å². The summed E-state index contributed by atoms with van der Waals surface area (Å²) in [7, 11) is 1.60. The zero-order valence-electron chi connectivity index (χ0n) is 10.8. The number of halogens is 1. The van der Waals surface area contributed by atoms with Crippen molar-refractivity contribution in [3.8, 4) is 11.5 Å². The Morgan fingerprint density at radius 3 is 2.72 bits per heavy atom. The predicted octanol–water partition coefficient (Wildman–Crippen LogP) is 2.49. The van der Waals surface area contributed by atoms with Crippen LogP contribution in [0.3, 0.4) is 0 Å². The first kappa shape index (κ1) is 14.8. The maximum absolute atomic E-state index is 11.4. The van der Waals surface area contributed by atoms with Gasteiger partial charge in [-0.05, 0) is 31.5 Å². The molecule has 5 heteroatoms. The Bertz CT molecular complexity index is 407. The van der Waals surface area contributed by atoms with E-state index in [9.17, 15) is 4.79 Å². The maximum Gasteiger partial charge on any atom is 0.233 e. The van der Waals surface area contributed by atoms with E-state index in [4.69, 9.17) is 9.47 Å². The first-order valence-electron chi connectivity index (χ1n) is 5.80. The SMILES string of the molecule is CCOc1ccc(CNC(=O)C(C)Br)cc1OC. The Morgan fingerprint density at radius 1 is 1.44 bits per heavy atom. The molecule has 1 aromatic carbocycles. The van der Waals surface area contributed by atoms with E-state index in [1.54, 1.807) is 14.0 Å². The average Bonchev–Trinajstić information content (AvgIpc) is 2.37. The quantitative estimate of drug-likeness (QED) is 0.820. The second kappa shape index (κ2) is 7.26. The van der Waals surface area contributed by atoms with Crippen molar-refractivity contribution >= 4 is 21.8 Å². The standard InChI is InChI=1S/C13H18BrNO3/c1-4-18-11-6-5-10(7-12(11)17-3)8-15-13(16)9(2)14/h5-7,9H,4,8H2,1-3H3,(H,15,16). The number of hydrogen-bond acceptors (Lipinski definition) is 3. The molecule has 1 aromatic rings. The number of carbonyl (C=O) groups is 1. The van der Waals surface area contributed by atoms with Crippen LogP contribution in [-0.4, -0.2) is 24.5 Å². The minimum atomic E-state index is -0.193. The van der Waals surface area contributed by atoms with Gasteiger partial charge in [-0.25, -0.2) is 0 Å². The van der Waals surface area contributed by atoms with Gasteiger partial charge >= 0.3 is 0 Å². The molecule has 0 saturated heterocycles. The molecular weight excluding hydrogens is 298 g/mol. The molecule has 1 unspecified atom stereocenters. The number of amides is 1. The van der Waals surface area contributed by atoms with E-state index in [0.717, 1.165) is 5.56 Å². The molecule has 0 aliphatic carbocycles. The van der Waals surface area contributed by atoms with Gasteiger partial charge in [0.05, 0.1) is 18.5 Å². The molecule has 1 atom stereocenters. The van der Waals surface area contributed by atoms with Gasteiger partial charge in [-0.3, -0.25) is 4.79 Å². The second-order valence-electron chi connectivity index (χ2n) is 3.75. The molecular formula is C13H18BrNO3. The van der Waals surface area contributed by atoms with Gasteiger partial charge in [0.1, 0.15) is 0 Å². The van der Waals surface area contributed by atoms with E-state index in [2.05, 4.69) is 21.2 Å². The summed E-state index contributed by atoms with van der Waals surface area (Å²) in [5.41, 5.74) is 0.969. The lowest BCUT2D eigenvalue weighted by molar-refractivity contribution is -0.120. The molecule has 1 N–H and O–H groups in total. The van der Waals surface area contributed by atoms with Gasteiger partial charge in [-0.15, -0.1) is 0 Å². The fourth-order valence-electron chi connectivity index (χ4n) is 1.43. The van der Waals surface area contributed by atoms with Gasteiger partial charge in [-0.2, -0.15) is 0 Å². The van der Waals surface area contributed by atoms with Gasteiger partial charge in [0.15, 0.2) is 11.5 Å². The molecule has 0 aliphatic heterocycles. The van der Waals surface area contributed by atoms with Crippen molar-refractivity contribution in [3.63, 3.8) is 0 Å². The highest BCUT2D eigenvalue weighted by Crippen LogP contribution is 2.27. The normalized spacial score (nSPS) is 11.8. The minimum absolute atomic E-state index is 0.0390. The van der Waals surface area contributed by atoms with Crippen LogP contribution in [0.2, 0.25) is 0 Å². The van der Waals surface area contributed by atoms with Crippen molar-refractivity contribution in [3.05, 3.63) is 23.8 Å². The lowest BCUT2D eigenvalue weighted by Gasteiger charge is -2.12. The summed E-state index contributed by atoms with van der Waals surface area (Å²) in [6.07, 6.45) is 0. The highest BCUT2D eigenvalue weighted by molar-refractivity contribution is 9.10. The summed E-state index contributed by atoms with van der Waals surface area (Å²) in [6, 6.07) is 5.62. The number of ether oxygens (including phenoxy) is 2. The number of nitrogens with one attached hydrogen (secondary N) is 1. The third-order valence-corrected chi connectivity index (χ3v) is 2.77. The van der Waals surface area contributed by atoms with E-state index in [-0.39, 0.29) is 10.7 Å². The summed E-state index contributed by atoms with van der Waals surface area (Å²) >= 11 is 3.22. The number of methoxy groups -OCH3 is 1. The zero-order valence-corrected chi connectivity index (χ0v) is 12.4. The van der Waals surface area contributed by atoms with Crippen molar-refractivity contribution < 1.29 is 14.3 Å². The van der Waals surface area contributed by atoms with Crippen LogP contribution in [0.5, 0.6) is 11.5 Å². The zero-order chi connectivity index (χ0) is 13.5. The first-order chi connectivity index (χ1) is 8.58. The van der Waals surface area contributed by atoms with Crippen LogP contribution in [0.1, 0.15) is 19.4 Å². The van der Waals surface area contributed by atoms with E-state index < -0.39 is 0 Å². The molecule has 0 heterocycles. The number of hydrogen-bond donors (Lipinski definition) is 1. The summed E-state index contributed by atoms with van der Waals surface area (Å²) in [6.45, 7) is 4.77. The van der Waals surface area contributed by atoms with Crippen LogP contribution in [0.15, 0.2) is 18.2 Å². The molecule has 1 rings (SSSR count). The van der Waals surface area contributed by atoms with E-state index in [1.807, 2.05) is 25.1 Å². The smallest absolute Gasteiger partial charge is 0.233 e. The van der Waals surface area contributed by atoms with Gasteiger partial charge < -0.3 is 14.8 Å². The molecule has 0 aromatic heterocycles. The Hall–Kier alpha value is -1.23. The van der Waals surface area contributed by atoms with Crippen molar-refractivity contribution in [2.24, 2.45) is 0 Å². The van der Waals surface area contributed by atoms with Gasteiger partial charge in [-0.1, -0.05) is 22.0 Å². The summed E-state index contributed by atoms with van der Waals surface area (Å²) < 4.78 is 10.7. The summed E-state index contributed by atoms with van der Waals surface area (Å²) in [5, 5.41) is 2.82. The summed E-state index contributed by atoms with van der Waals surface area (Å²) in [5.74, 6) is 1.35. The molecule has 4 nitrogen and oxygen atoms in total. The van der Waals surface area contributed by atoms with Crippen LogP contribution < -0.4 is 14.8 Å². The van der Waals surface area contributed by atoms with Crippen LogP contribution in [0, 0.1) is 0 Å². The van der Waals surface area contributed by atoms with Crippen molar-refractivity contribution in [2.75, 3.05) is 13.7 Å². The van der Waals surface area contributed by atoms with E-state index >= 15 is 0 Å². The molecule has 0 bridgehead atoms. The van der Waals surface area contributed by atoms with Crippen LogP contribution in [-0.2, 0) is 11.3 Å². The lowest BCUT2D eigenvalue weighted by atomic mass is 10.2.